The topological polar surface area (TPSA) is 48.1 Å². The second-order valence-corrected chi connectivity index (χ2v) is 3.57. The lowest BCUT2D eigenvalue weighted by atomic mass is 10.1. The maximum atomic E-state index is 12.9. The Morgan fingerprint density at radius 1 is 1.62 bits per heavy atom. The zero-order valence-corrected chi connectivity index (χ0v) is 7.75. The lowest BCUT2D eigenvalue weighted by molar-refractivity contribution is 0.225. The molecule has 1 aromatic heterocycles. The maximum absolute atomic E-state index is 12.9. The number of hydrogen-bond acceptors (Lipinski definition) is 3. The van der Waals surface area contributed by atoms with Crippen molar-refractivity contribution in [2.75, 3.05) is 6.61 Å². The molecule has 0 aliphatic heterocycles. The molecule has 0 saturated carbocycles. The molecular weight excluding hydrogens is 171 g/mol. The first-order valence-electron chi connectivity index (χ1n) is 4.01. The zero-order chi connectivity index (χ0) is 9.90. The lowest BCUT2D eigenvalue weighted by Gasteiger charge is -2.18. The van der Waals surface area contributed by atoms with Crippen molar-refractivity contribution in [2.45, 2.75) is 19.4 Å². The van der Waals surface area contributed by atoms with E-state index in [2.05, 4.69) is 4.98 Å². The molecule has 0 amide bonds. The summed E-state index contributed by atoms with van der Waals surface area (Å²) in [4.78, 5) is 3.73. The largest absolute Gasteiger partial charge is 0.474 e. The Labute approximate surface area is 76.7 Å². The summed E-state index contributed by atoms with van der Waals surface area (Å²) in [6.07, 6.45) is 1.47. The minimum absolute atomic E-state index is 0.000949. The first-order valence-corrected chi connectivity index (χ1v) is 4.01. The normalized spacial score (nSPS) is 11.4. The number of nitrogens with zero attached hydrogens (tertiary/aromatic N) is 1. The molecule has 0 aliphatic rings. The molecule has 1 aromatic rings. The standard InChI is InChI=1S/C9H13FN2O/c1-9(2,11)6-13-8-7(10)4-3-5-12-8/h3-5H,6,11H2,1-2H3. The van der Waals surface area contributed by atoms with Crippen molar-refractivity contribution in [1.82, 2.24) is 4.98 Å². The molecule has 3 nitrogen and oxygen atoms in total. The third kappa shape index (κ3) is 3.38. The van der Waals surface area contributed by atoms with E-state index in [1.807, 2.05) is 0 Å². The lowest BCUT2D eigenvalue weighted by Crippen LogP contribution is -2.38. The van der Waals surface area contributed by atoms with Crippen LogP contribution in [0.1, 0.15) is 13.8 Å². The molecule has 0 radical (unpaired) electrons. The number of ether oxygens (including phenoxy) is 1. The van der Waals surface area contributed by atoms with Crippen molar-refractivity contribution in [3.8, 4) is 5.88 Å². The highest BCUT2D eigenvalue weighted by molar-refractivity contribution is 5.12. The van der Waals surface area contributed by atoms with Crippen LogP contribution < -0.4 is 10.5 Å². The van der Waals surface area contributed by atoms with E-state index in [9.17, 15) is 4.39 Å². The highest BCUT2D eigenvalue weighted by Gasteiger charge is 2.13. The van der Waals surface area contributed by atoms with Crippen LogP contribution in [-0.2, 0) is 0 Å². The molecule has 0 saturated heterocycles. The molecule has 72 valence electrons. The fraction of sp³-hybridized carbons (Fsp3) is 0.444. The molecule has 0 fully saturated rings. The first kappa shape index (κ1) is 9.92. The molecule has 0 aliphatic carbocycles. The Morgan fingerprint density at radius 3 is 2.85 bits per heavy atom. The van der Waals surface area contributed by atoms with Crippen molar-refractivity contribution in [1.29, 1.82) is 0 Å². The van der Waals surface area contributed by atoms with Crippen LogP contribution in [0.2, 0.25) is 0 Å². The van der Waals surface area contributed by atoms with Gasteiger partial charge < -0.3 is 10.5 Å². The third-order valence-electron chi connectivity index (χ3n) is 1.31. The van der Waals surface area contributed by atoms with Gasteiger partial charge in [0.2, 0.25) is 5.88 Å². The minimum Gasteiger partial charge on any atom is -0.474 e. The van der Waals surface area contributed by atoms with Crippen LogP contribution in [0, 0.1) is 5.82 Å². The van der Waals surface area contributed by atoms with E-state index in [1.165, 1.54) is 18.3 Å². The molecule has 1 heterocycles. The van der Waals surface area contributed by atoms with E-state index in [1.54, 1.807) is 13.8 Å². The fourth-order valence-electron chi connectivity index (χ4n) is 0.732. The van der Waals surface area contributed by atoms with Crippen molar-refractivity contribution in [3.05, 3.63) is 24.1 Å². The van der Waals surface area contributed by atoms with Crippen LogP contribution in [0.5, 0.6) is 5.88 Å². The molecule has 0 unspecified atom stereocenters. The monoisotopic (exact) mass is 184 g/mol. The third-order valence-corrected chi connectivity index (χ3v) is 1.31. The average Bonchev–Trinajstić information content (AvgIpc) is 2.01. The van der Waals surface area contributed by atoms with Gasteiger partial charge in [-0.15, -0.1) is 0 Å². The highest BCUT2D eigenvalue weighted by atomic mass is 19.1. The molecule has 4 heteroatoms. The second kappa shape index (κ2) is 3.70. The number of hydrogen-bond donors (Lipinski definition) is 1. The van der Waals surface area contributed by atoms with E-state index in [-0.39, 0.29) is 12.5 Å². The van der Waals surface area contributed by atoms with Gasteiger partial charge in [0.25, 0.3) is 0 Å². The molecule has 13 heavy (non-hydrogen) atoms. The Hall–Kier alpha value is -1.16. The summed E-state index contributed by atoms with van der Waals surface area (Å²) in [5, 5.41) is 0. The van der Waals surface area contributed by atoms with Crippen LogP contribution in [0.4, 0.5) is 4.39 Å². The SMILES string of the molecule is CC(C)(N)COc1ncccc1F. The second-order valence-electron chi connectivity index (χ2n) is 3.57. The molecule has 1 rings (SSSR count). The number of nitrogens with two attached hydrogens (primary N) is 1. The van der Waals surface area contributed by atoms with Gasteiger partial charge in [-0.2, -0.15) is 0 Å². The van der Waals surface area contributed by atoms with E-state index in [4.69, 9.17) is 10.5 Å². The average molecular weight is 184 g/mol. The summed E-state index contributed by atoms with van der Waals surface area (Å²) in [5.41, 5.74) is 5.18. The van der Waals surface area contributed by atoms with Crippen molar-refractivity contribution < 1.29 is 9.13 Å². The van der Waals surface area contributed by atoms with Crippen LogP contribution in [0.3, 0.4) is 0 Å². The van der Waals surface area contributed by atoms with Crippen LogP contribution in [-0.4, -0.2) is 17.1 Å². The molecule has 2 N–H and O–H groups in total. The van der Waals surface area contributed by atoms with Gasteiger partial charge in [-0.3, -0.25) is 0 Å². The van der Waals surface area contributed by atoms with Gasteiger partial charge >= 0.3 is 0 Å². The van der Waals surface area contributed by atoms with E-state index < -0.39 is 11.4 Å². The van der Waals surface area contributed by atoms with Gasteiger partial charge in [0.05, 0.1) is 0 Å². The van der Waals surface area contributed by atoms with Gasteiger partial charge in [0.15, 0.2) is 5.82 Å². The van der Waals surface area contributed by atoms with Crippen molar-refractivity contribution in [3.63, 3.8) is 0 Å². The van der Waals surface area contributed by atoms with Gasteiger partial charge in [-0.25, -0.2) is 9.37 Å². The Kier molecular flexibility index (Phi) is 2.83. The Balaban J connectivity index is 2.60. The predicted octanol–water partition coefficient (Wildman–Crippen LogP) is 1.34. The maximum Gasteiger partial charge on any atom is 0.250 e. The quantitative estimate of drug-likeness (QED) is 0.771. The van der Waals surface area contributed by atoms with Gasteiger partial charge in [0.1, 0.15) is 6.61 Å². The first-order chi connectivity index (χ1) is 5.99. The molecular formula is C9H13FN2O. The predicted molar refractivity (Wildman–Crippen MR) is 48.0 cm³/mol. The highest BCUT2D eigenvalue weighted by Crippen LogP contribution is 2.12. The summed E-state index contributed by atoms with van der Waals surface area (Å²) in [6, 6.07) is 2.81. The number of halogens is 1. The Bertz CT molecular complexity index is 283. The number of pyridine rings is 1. The van der Waals surface area contributed by atoms with E-state index >= 15 is 0 Å². The van der Waals surface area contributed by atoms with Crippen molar-refractivity contribution in [2.24, 2.45) is 5.73 Å². The number of rotatable bonds is 3. The smallest absolute Gasteiger partial charge is 0.250 e. The molecule has 0 bridgehead atoms. The van der Waals surface area contributed by atoms with Gasteiger partial charge in [-0.05, 0) is 26.0 Å². The molecule has 0 spiro atoms. The van der Waals surface area contributed by atoms with Crippen molar-refractivity contribution >= 4 is 0 Å². The minimum atomic E-state index is -0.482. The summed E-state index contributed by atoms with van der Waals surface area (Å²) in [7, 11) is 0. The molecule has 0 aromatic carbocycles. The summed E-state index contributed by atoms with van der Waals surface area (Å²) < 4.78 is 18.0. The zero-order valence-electron chi connectivity index (χ0n) is 7.75. The summed E-state index contributed by atoms with van der Waals surface area (Å²) in [6.45, 7) is 3.84. The summed E-state index contributed by atoms with van der Waals surface area (Å²) in [5.74, 6) is -0.465. The van der Waals surface area contributed by atoms with Crippen LogP contribution in [0.15, 0.2) is 18.3 Å². The number of aromatic nitrogens is 1. The molecule has 0 atom stereocenters. The fourth-order valence-corrected chi connectivity index (χ4v) is 0.732. The van der Waals surface area contributed by atoms with Gasteiger partial charge in [-0.1, -0.05) is 0 Å². The van der Waals surface area contributed by atoms with Gasteiger partial charge in [0, 0.05) is 11.7 Å². The van der Waals surface area contributed by atoms with Crippen LogP contribution >= 0.6 is 0 Å². The van der Waals surface area contributed by atoms with E-state index in [0.717, 1.165) is 0 Å². The van der Waals surface area contributed by atoms with Crippen LogP contribution in [0.25, 0.3) is 0 Å². The summed E-state index contributed by atoms with van der Waals surface area (Å²) >= 11 is 0. The Morgan fingerprint density at radius 2 is 2.31 bits per heavy atom. The van der Waals surface area contributed by atoms with E-state index in [0.29, 0.717) is 0 Å².